The molecule has 2 saturated heterocycles. The molecule has 3 heterocycles. The van der Waals surface area contributed by atoms with E-state index in [1.54, 1.807) is 22.9 Å². The second kappa shape index (κ2) is 14.5. The van der Waals surface area contributed by atoms with Crippen LogP contribution in [-0.4, -0.2) is 73.8 Å². The van der Waals surface area contributed by atoms with Gasteiger partial charge in [0.1, 0.15) is 11.6 Å². The van der Waals surface area contributed by atoms with Gasteiger partial charge in [0.15, 0.2) is 6.19 Å². The number of urea groups is 1. The van der Waals surface area contributed by atoms with Crippen LogP contribution in [0.3, 0.4) is 0 Å². The number of nitrogens with one attached hydrogen (secondary N) is 3. The molecule has 3 amide bonds. The van der Waals surface area contributed by atoms with Gasteiger partial charge in [0.05, 0.1) is 18.9 Å². The maximum atomic E-state index is 13.7. The fraction of sp³-hybridized carbons (Fsp3) is 0.680. The van der Waals surface area contributed by atoms with Crippen LogP contribution in [0.5, 0.6) is 0 Å². The molecule has 0 radical (unpaired) electrons. The van der Waals surface area contributed by atoms with Gasteiger partial charge in [-0.25, -0.2) is 14.8 Å². The maximum Gasteiger partial charge on any atom is 0.451 e. The number of anilines is 2. The van der Waals surface area contributed by atoms with Crippen molar-refractivity contribution in [2.75, 3.05) is 55.7 Å². The summed E-state index contributed by atoms with van der Waals surface area (Å²) in [7, 11) is 0. The molecule has 220 valence electrons. The normalized spacial score (nSPS) is 18.0. The van der Waals surface area contributed by atoms with E-state index < -0.39 is 23.8 Å². The van der Waals surface area contributed by atoms with Crippen LogP contribution >= 0.6 is 0 Å². The molecule has 0 bridgehead atoms. The van der Waals surface area contributed by atoms with Crippen LogP contribution in [0.2, 0.25) is 0 Å². The van der Waals surface area contributed by atoms with E-state index in [1.807, 2.05) is 0 Å². The van der Waals surface area contributed by atoms with E-state index in [4.69, 9.17) is 10.00 Å². The summed E-state index contributed by atoms with van der Waals surface area (Å²) in [6, 6.07) is 1.16. The first-order valence-corrected chi connectivity index (χ1v) is 13.4. The number of amides is 3. The molecule has 2 aliphatic heterocycles. The van der Waals surface area contributed by atoms with Gasteiger partial charge in [0.25, 0.3) is 0 Å². The monoisotopic (exact) mass is 568 g/mol. The number of alkyl halides is 3. The summed E-state index contributed by atoms with van der Waals surface area (Å²) in [6.45, 7) is 4.20. The molecule has 15 heteroatoms. The predicted octanol–water partition coefficient (Wildman–Crippen LogP) is 2.17. The minimum absolute atomic E-state index is 0.0927. The van der Waals surface area contributed by atoms with Gasteiger partial charge in [0, 0.05) is 45.3 Å². The predicted molar refractivity (Wildman–Crippen MR) is 138 cm³/mol. The highest BCUT2D eigenvalue weighted by molar-refractivity contribution is 5.81. The van der Waals surface area contributed by atoms with Crippen molar-refractivity contribution in [2.24, 2.45) is 11.8 Å². The Balaban J connectivity index is 1.54. The van der Waals surface area contributed by atoms with Crippen molar-refractivity contribution in [3.63, 3.8) is 0 Å². The van der Waals surface area contributed by atoms with E-state index in [9.17, 15) is 27.6 Å². The quantitative estimate of drug-likeness (QED) is 0.219. The van der Waals surface area contributed by atoms with Gasteiger partial charge in [-0.05, 0) is 44.9 Å². The molecule has 1 atom stereocenters. The number of rotatable bonds is 10. The van der Waals surface area contributed by atoms with Crippen LogP contribution in [0.15, 0.2) is 6.07 Å². The van der Waals surface area contributed by atoms with E-state index in [-0.39, 0.29) is 55.7 Å². The molecule has 1 aromatic heterocycles. The summed E-state index contributed by atoms with van der Waals surface area (Å²) in [5.74, 6) is -2.03. The molecule has 3 rings (SSSR count). The number of nitrogens with zero attached hydrogens (tertiary/aromatic N) is 5. The molecule has 2 aliphatic rings. The van der Waals surface area contributed by atoms with Crippen molar-refractivity contribution in [3.8, 4) is 6.19 Å². The van der Waals surface area contributed by atoms with Gasteiger partial charge in [-0.3, -0.25) is 14.9 Å². The van der Waals surface area contributed by atoms with Crippen molar-refractivity contribution in [1.29, 1.82) is 5.26 Å². The van der Waals surface area contributed by atoms with E-state index in [0.717, 1.165) is 0 Å². The average molecular weight is 569 g/mol. The second-order valence-corrected chi connectivity index (χ2v) is 9.75. The second-order valence-electron chi connectivity index (χ2n) is 9.75. The Morgan fingerprint density at radius 1 is 1.07 bits per heavy atom. The van der Waals surface area contributed by atoms with Gasteiger partial charge in [-0.1, -0.05) is 0 Å². The molecule has 1 aromatic rings. The molecule has 0 unspecified atom stereocenters. The summed E-state index contributed by atoms with van der Waals surface area (Å²) in [5.41, 5.74) is 0. The third-order valence-electron chi connectivity index (χ3n) is 6.94. The third-order valence-corrected chi connectivity index (χ3v) is 6.94. The highest BCUT2D eigenvalue weighted by Gasteiger charge is 2.37. The fourth-order valence-electron chi connectivity index (χ4n) is 4.84. The highest BCUT2D eigenvalue weighted by Crippen LogP contribution is 2.33. The van der Waals surface area contributed by atoms with Crippen molar-refractivity contribution < 1.29 is 32.3 Å². The molecule has 12 nitrogen and oxygen atoms in total. The summed E-state index contributed by atoms with van der Waals surface area (Å²) < 4.78 is 45.8. The number of hydrogen-bond donors (Lipinski definition) is 3. The Morgan fingerprint density at radius 2 is 1.75 bits per heavy atom. The number of aromatic nitrogens is 2. The minimum Gasteiger partial charge on any atom is -0.466 e. The van der Waals surface area contributed by atoms with Crippen LogP contribution in [0.4, 0.5) is 29.6 Å². The zero-order chi connectivity index (χ0) is 29.1. The van der Waals surface area contributed by atoms with E-state index >= 15 is 0 Å². The summed E-state index contributed by atoms with van der Waals surface area (Å²) in [5, 5.41) is 16.2. The molecule has 3 N–H and O–H groups in total. The van der Waals surface area contributed by atoms with Crippen molar-refractivity contribution in [1.82, 2.24) is 25.9 Å². The first-order valence-electron chi connectivity index (χ1n) is 13.4. The minimum atomic E-state index is -4.74. The third kappa shape index (κ3) is 9.13. The molecule has 2 fully saturated rings. The summed E-state index contributed by atoms with van der Waals surface area (Å²) in [4.78, 5) is 46.4. The number of nitriles is 1. The maximum absolute atomic E-state index is 13.7. The Kier molecular flexibility index (Phi) is 11.2. The lowest BCUT2D eigenvalue weighted by atomic mass is 9.93. The lowest BCUT2D eigenvalue weighted by Gasteiger charge is -2.35. The van der Waals surface area contributed by atoms with Crippen molar-refractivity contribution in [3.05, 3.63) is 11.9 Å². The van der Waals surface area contributed by atoms with Gasteiger partial charge < -0.3 is 25.2 Å². The molecular weight excluding hydrogens is 533 g/mol. The average Bonchev–Trinajstić information content (AvgIpc) is 2.93. The summed E-state index contributed by atoms with van der Waals surface area (Å²) in [6.07, 6.45) is 0.206. The van der Waals surface area contributed by atoms with Gasteiger partial charge in [-0.15, -0.1) is 0 Å². The number of esters is 1. The smallest absolute Gasteiger partial charge is 0.451 e. The molecule has 0 saturated carbocycles. The van der Waals surface area contributed by atoms with Crippen LogP contribution in [0.25, 0.3) is 0 Å². The number of piperidine rings is 2. The van der Waals surface area contributed by atoms with Crippen LogP contribution in [-0.2, 0) is 20.5 Å². The number of carbonyl (C=O) groups is 3. The lowest BCUT2D eigenvalue weighted by molar-refractivity contribution is -0.145. The number of hydrogen-bond acceptors (Lipinski definition) is 9. The van der Waals surface area contributed by atoms with E-state index in [1.165, 1.54) is 6.07 Å². The van der Waals surface area contributed by atoms with Crippen molar-refractivity contribution >= 4 is 29.5 Å². The molecule has 0 spiro atoms. The number of halogens is 3. The SMILES string of the molecule is CCOC(=O)CCNC(=O)NCCC1CCN(c2cc(N3CCC[C@@H](C(=O)NC#N)C3)nc(C(F)(F)F)n2)CC1. The number of carbonyl (C=O) groups excluding carboxylic acids is 3. The van der Waals surface area contributed by atoms with E-state index in [0.29, 0.717) is 58.3 Å². The molecular formula is C25H35F3N8O4. The molecule has 0 aliphatic carbocycles. The van der Waals surface area contributed by atoms with Crippen LogP contribution < -0.4 is 25.8 Å². The first-order chi connectivity index (χ1) is 19.1. The fourth-order valence-corrected chi connectivity index (χ4v) is 4.84. The zero-order valence-electron chi connectivity index (χ0n) is 22.4. The molecule has 40 heavy (non-hydrogen) atoms. The topological polar surface area (TPSA) is 153 Å². The van der Waals surface area contributed by atoms with Gasteiger partial charge in [0.2, 0.25) is 11.7 Å². The van der Waals surface area contributed by atoms with E-state index in [2.05, 4.69) is 25.9 Å². The van der Waals surface area contributed by atoms with Gasteiger partial charge in [-0.2, -0.15) is 18.4 Å². The van der Waals surface area contributed by atoms with Gasteiger partial charge >= 0.3 is 18.2 Å². The number of ether oxygens (including phenoxy) is 1. The Morgan fingerprint density at radius 3 is 2.40 bits per heavy atom. The standard InChI is InChI=1S/C25H35F3N8O4/c1-2-40-21(37)6-10-31-24(39)30-9-5-17-7-12-35(13-8-17)19-14-20(34-23(33-19)25(26,27)28)36-11-3-4-18(15-36)22(38)32-16-29/h14,17-18H,2-13,15H2,1H3,(H,32,38)(H2,30,31,39)/t18-/m1/s1. The molecule has 0 aromatic carbocycles. The Bertz CT molecular complexity index is 1070. The Labute approximate surface area is 230 Å². The summed E-state index contributed by atoms with van der Waals surface area (Å²) >= 11 is 0. The Hall–Kier alpha value is -3.83. The lowest BCUT2D eigenvalue weighted by Crippen LogP contribution is -2.43. The van der Waals surface area contributed by atoms with Crippen LogP contribution in [0.1, 0.15) is 51.3 Å². The zero-order valence-corrected chi connectivity index (χ0v) is 22.4. The van der Waals surface area contributed by atoms with Crippen molar-refractivity contribution in [2.45, 2.75) is 51.6 Å². The first kappa shape index (κ1) is 30.7. The highest BCUT2D eigenvalue weighted by atomic mass is 19.4. The largest absolute Gasteiger partial charge is 0.466 e. The van der Waals surface area contributed by atoms with Crippen LogP contribution in [0, 0.1) is 23.3 Å².